The number of rotatable bonds is 21. The summed E-state index contributed by atoms with van der Waals surface area (Å²) in [6.45, 7) is 3.65. The van der Waals surface area contributed by atoms with Gasteiger partial charge in [0.05, 0.1) is 0 Å². The van der Waals surface area contributed by atoms with Crippen molar-refractivity contribution in [3.8, 4) is 0 Å². The van der Waals surface area contributed by atoms with Crippen LogP contribution in [0.5, 0.6) is 0 Å². The Morgan fingerprint density at radius 3 is 1.52 bits per heavy atom. The smallest absolute Gasteiger partial charge is 0.320 e. The highest BCUT2D eigenvalue weighted by atomic mass is 16.4. The lowest BCUT2D eigenvalue weighted by Crippen LogP contribution is -2.34. The van der Waals surface area contributed by atoms with Crippen LogP contribution in [0.2, 0.25) is 0 Å². The molecule has 0 unspecified atom stereocenters. The minimum atomic E-state index is -1.00. The fraction of sp³-hybridized carbons (Fsp3) is 0.917. The molecular formula is C24H53N5O2. The van der Waals surface area contributed by atoms with Crippen LogP contribution >= 0.6 is 0 Å². The number of unbranched alkanes of at least 4 members (excludes halogenated alkanes) is 15. The normalized spacial score (nSPS) is 11.5. The topological polar surface area (TPSA) is 151 Å². The Morgan fingerprint density at radius 2 is 1.19 bits per heavy atom. The number of nitrogens with two attached hydrogens (primary N) is 3. The fourth-order valence-electron chi connectivity index (χ4n) is 3.36. The highest BCUT2D eigenvalue weighted by Crippen LogP contribution is 2.13. The standard InChI is InChI=1S/C18H39N.C6H14N4O2/c1-2-3-4-5-6-7-8-9-10-11-12-13-14-15-16-17-18-19;7-4(5(11)12)2-1-3-10-6(8)9/h2-19H2,1H3;4H,1-3,7H2,(H,11,12)(H4,8,9,10)/t;4-/m.0/s1. The molecule has 0 radical (unpaired) electrons. The van der Waals surface area contributed by atoms with Crippen molar-refractivity contribution >= 4 is 11.9 Å². The van der Waals surface area contributed by atoms with Gasteiger partial charge in [0, 0.05) is 6.54 Å². The number of carboxylic acids is 1. The van der Waals surface area contributed by atoms with Gasteiger partial charge in [-0.3, -0.25) is 10.2 Å². The van der Waals surface area contributed by atoms with Gasteiger partial charge in [-0.1, -0.05) is 103 Å². The van der Waals surface area contributed by atoms with Gasteiger partial charge in [0.1, 0.15) is 6.04 Å². The van der Waals surface area contributed by atoms with E-state index in [0.29, 0.717) is 19.4 Å². The first-order chi connectivity index (χ1) is 15.0. The van der Waals surface area contributed by atoms with Crippen molar-refractivity contribution in [3.63, 3.8) is 0 Å². The summed E-state index contributed by atoms with van der Waals surface area (Å²) >= 11 is 0. The van der Waals surface area contributed by atoms with Crippen LogP contribution in [0.25, 0.3) is 0 Å². The zero-order valence-electron chi connectivity index (χ0n) is 20.3. The summed E-state index contributed by atoms with van der Waals surface area (Å²) in [5, 5.41) is 17.7. The van der Waals surface area contributed by atoms with Gasteiger partial charge in [-0.2, -0.15) is 0 Å². The minimum Gasteiger partial charge on any atom is -0.480 e. The van der Waals surface area contributed by atoms with E-state index in [1.54, 1.807) is 0 Å². The van der Waals surface area contributed by atoms with Gasteiger partial charge in [-0.05, 0) is 25.8 Å². The van der Waals surface area contributed by atoms with Crippen LogP contribution in [0, 0.1) is 5.41 Å². The van der Waals surface area contributed by atoms with Crippen LogP contribution in [-0.4, -0.2) is 36.2 Å². The second-order valence-corrected chi connectivity index (χ2v) is 8.52. The Bertz CT molecular complexity index is 378. The number of carboxylic acid groups (broad SMARTS) is 1. The van der Waals surface area contributed by atoms with Crippen LogP contribution in [0.1, 0.15) is 122 Å². The zero-order chi connectivity index (χ0) is 23.6. The molecule has 0 aromatic carbocycles. The van der Waals surface area contributed by atoms with Crippen LogP contribution in [0.4, 0.5) is 0 Å². The maximum atomic E-state index is 10.2. The van der Waals surface area contributed by atoms with Gasteiger partial charge in [0.25, 0.3) is 0 Å². The lowest BCUT2D eigenvalue weighted by molar-refractivity contribution is -0.138. The summed E-state index contributed by atoms with van der Waals surface area (Å²) in [7, 11) is 0. The molecule has 0 saturated heterocycles. The van der Waals surface area contributed by atoms with Crippen molar-refractivity contribution in [2.75, 3.05) is 13.1 Å². The summed E-state index contributed by atoms with van der Waals surface area (Å²) < 4.78 is 0. The Labute approximate surface area is 191 Å². The molecule has 0 rings (SSSR count). The summed E-state index contributed by atoms with van der Waals surface area (Å²) in [5.41, 5.74) is 15.7. The van der Waals surface area contributed by atoms with E-state index in [0.717, 1.165) is 6.54 Å². The van der Waals surface area contributed by atoms with Gasteiger partial charge in [0.15, 0.2) is 5.96 Å². The van der Waals surface area contributed by atoms with E-state index >= 15 is 0 Å². The van der Waals surface area contributed by atoms with E-state index in [4.69, 9.17) is 27.7 Å². The van der Waals surface area contributed by atoms with Crippen LogP contribution < -0.4 is 22.5 Å². The summed E-state index contributed by atoms with van der Waals surface area (Å²) in [5.74, 6) is -1.11. The second-order valence-electron chi connectivity index (χ2n) is 8.52. The first kappa shape index (κ1) is 31.8. The predicted octanol–water partition coefficient (Wildman–Crippen LogP) is 4.87. The number of nitrogens with one attached hydrogen (secondary N) is 2. The molecule has 0 aliphatic rings. The summed E-state index contributed by atoms with van der Waals surface area (Å²) in [6, 6.07) is -0.821. The average molecular weight is 444 g/mol. The van der Waals surface area contributed by atoms with E-state index in [1.807, 2.05) is 0 Å². The van der Waals surface area contributed by atoms with Gasteiger partial charge in [-0.25, -0.2) is 0 Å². The van der Waals surface area contributed by atoms with Gasteiger partial charge < -0.3 is 27.6 Å². The molecule has 186 valence electrons. The highest BCUT2D eigenvalue weighted by molar-refractivity contribution is 5.74. The second kappa shape index (κ2) is 26.7. The fourth-order valence-corrected chi connectivity index (χ4v) is 3.36. The molecule has 9 N–H and O–H groups in total. The lowest BCUT2D eigenvalue weighted by Gasteiger charge is -2.06. The molecule has 31 heavy (non-hydrogen) atoms. The molecule has 7 nitrogen and oxygen atoms in total. The average Bonchev–Trinajstić information content (AvgIpc) is 2.74. The molecule has 0 heterocycles. The lowest BCUT2D eigenvalue weighted by atomic mass is 10.0. The predicted molar refractivity (Wildman–Crippen MR) is 133 cm³/mol. The van der Waals surface area contributed by atoms with Gasteiger partial charge in [-0.15, -0.1) is 0 Å². The molecule has 0 amide bonds. The zero-order valence-corrected chi connectivity index (χ0v) is 20.3. The molecule has 1 atom stereocenters. The molecule has 0 aliphatic heterocycles. The third-order valence-corrected chi connectivity index (χ3v) is 5.38. The third kappa shape index (κ3) is 30.9. The Hall–Kier alpha value is -1.34. The third-order valence-electron chi connectivity index (χ3n) is 5.38. The van der Waals surface area contributed by atoms with Gasteiger partial charge in [0.2, 0.25) is 0 Å². The molecule has 7 heteroatoms. The highest BCUT2D eigenvalue weighted by Gasteiger charge is 2.09. The first-order valence-corrected chi connectivity index (χ1v) is 12.7. The molecule has 0 bridgehead atoms. The number of hydrogen-bond donors (Lipinski definition) is 6. The van der Waals surface area contributed by atoms with Crippen molar-refractivity contribution in [3.05, 3.63) is 0 Å². The summed E-state index contributed by atoms with van der Waals surface area (Å²) in [4.78, 5) is 10.2. The Balaban J connectivity index is 0. The molecule has 0 fully saturated rings. The van der Waals surface area contributed by atoms with Crippen LogP contribution in [0.15, 0.2) is 0 Å². The first-order valence-electron chi connectivity index (χ1n) is 12.7. The van der Waals surface area contributed by atoms with Crippen molar-refractivity contribution in [1.82, 2.24) is 5.32 Å². The number of aliphatic carboxylic acids is 1. The van der Waals surface area contributed by atoms with Crippen molar-refractivity contribution in [2.45, 2.75) is 129 Å². The molecule has 0 aromatic rings. The van der Waals surface area contributed by atoms with E-state index in [2.05, 4.69) is 12.2 Å². The number of guanidine groups is 1. The van der Waals surface area contributed by atoms with E-state index in [1.165, 1.54) is 103 Å². The largest absolute Gasteiger partial charge is 0.480 e. The molecule has 0 aliphatic carbocycles. The van der Waals surface area contributed by atoms with Crippen LogP contribution in [0.3, 0.4) is 0 Å². The number of hydrogen-bond acceptors (Lipinski definition) is 4. The van der Waals surface area contributed by atoms with E-state index < -0.39 is 12.0 Å². The minimum absolute atomic E-state index is 0.112. The maximum absolute atomic E-state index is 10.2. The quantitative estimate of drug-likeness (QED) is 0.0845. The molecule has 0 saturated carbocycles. The SMILES string of the molecule is CCCCCCCCCCCCCCCCCCN.N=C(N)NCCC[C@H](N)C(=O)O. The maximum Gasteiger partial charge on any atom is 0.320 e. The van der Waals surface area contributed by atoms with Crippen molar-refractivity contribution < 1.29 is 9.90 Å². The Morgan fingerprint density at radius 1 is 0.806 bits per heavy atom. The number of carbonyl (C=O) groups is 1. The van der Waals surface area contributed by atoms with Gasteiger partial charge >= 0.3 is 5.97 Å². The Kier molecular flexibility index (Phi) is 27.4. The van der Waals surface area contributed by atoms with Crippen molar-refractivity contribution in [1.29, 1.82) is 5.41 Å². The van der Waals surface area contributed by atoms with E-state index in [-0.39, 0.29) is 5.96 Å². The van der Waals surface area contributed by atoms with E-state index in [9.17, 15) is 4.79 Å². The van der Waals surface area contributed by atoms with Crippen LogP contribution in [-0.2, 0) is 4.79 Å². The summed E-state index contributed by atoms with van der Waals surface area (Å²) in [6.07, 6.45) is 23.8. The van der Waals surface area contributed by atoms with Crippen molar-refractivity contribution in [2.24, 2.45) is 17.2 Å². The molecule has 0 aromatic heterocycles. The monoisotopic (exact) mass is 443 g/mol. The molecular weight excluding hydrogens is 390 g/mol. The molecule has 0 spiro atoms.